The molecule has 0 aliphatic carbocycles. The topological polar surface area (TPSA) is 97.8 Å². The summed E-state index contributed by atoms with van der Waals surface area (Å²) < 4.78 is 58.2. The summed E-state index contributed by atoms with van der Waals surface area (Å²) in [6.07, 6.45) is 2.65. The Bertz CT molecular complexity index is 1510. The van der Waals surface area contributed by atoms with Gasteiger partial charge in [-0.1, -0.05) is 35.4 Å². The Labute approximate surface area is 203 Å². The minimum Gasteiger partial charge on any atom is -0.385 e. The van der Waals surface area contributed by atoms with E-state index in [9.17, 15) is 21.6 Å². The molecule has 10 heteroatoms. The van der Waals surface area contributed by atoms with Crippen molar-refractivity contribution in [1.29, 1.82) is 0 Å². The Balaban J connectivity index is 1.84. The third kappa shape index (κ3) is 4.36. The predicted octanol–water partition coefficient (Wildman–Crippen LogP) is 4.57. The summed E-state index contributed by atoms with van der Waals surface area (Å²) in [5.41, 5.74) is 1.95. The molecule has 0 bridgehead atoms. The molecule has 1 heterocycles. The van der Waals surface area contributed by atoms with Crippen molar-refractivity contribution < 1.29 is 25.8 Å². The molecule has 0 radical (unpaired) electrons. The van der Waals surface area contributed by atoms with Crippen LogP contribution in [0.3, 0.4) is 0 Å². The van der Waals surface area contributed by atoms with Gasteiger partial charge in [0.1, 0.15) is 16.9 Å². The summed E-state index contributed by atoms with van der Waals surface area (Å²) in [6.45, 7) is 3.63. The number of hydrogen-bond acceptors (Lipinski definition) is 7. The standard InChI is InChI=1S/C24H21NO6S3/c1-16-4-9-19(10-5-16)33(27,28)25-23(22-14-18(32-3)8-13-21(22)24(25)26)15-31-34(29,30)20-11-6-17(2)7-12-20/h4-15H,1-3H3/b23-15+. The van der Waals surface area contributed by atoms with Crippen molar-refractivity contribution in [2.45, 2.75) is 28.5 Å². The number of amides is 1. The number of fused-ring (bicyclic) bond motifs is 1. The summed E-state index contributed by atoms with van der Waals surface area (Å²) in [6, 6.07) is 16.9. The van der Waals surface area contributed by atoms with Gasteiger partial charge in [-0.2, -0.15) is 12.7 Å². The predicted molar refractivity (Wildman–Crippen MR) is 130 cm³/mol. The number of benzene rings is 3. The first-order valence-electron chi connectivity index (χ1n) is 10.1. The van der Waals surface area contributed by atoms with E-state index in [-0.39, 0.29) is 26.6 Å². The van der Waals surface area contributed by atoms with Crippen LogP contribution in [0, 0.1) is 13.8 Å². The molecule has 0 N–H and O–H groups in total. The highest BCUT2D eigenvalue weighted by molar-refractivity contribution is 7.98. The fourth-order valence-electron chi connectivity index (χ4n) is 3.41. The van der Waals surface area contributed by atoms with Gasteiger partial charge in [-0.15, -0.1) is 11.8 Å². The van der Waals surface area contributed by atoms with Crippen LogP contribution in [0.4, 0.5) is 0 Å². The van der Waals surface area contributed by atoms with Crippen LogP contribution in [0.2, 0.25) is 0 Å². The Morgan fingerprint density at radius 2 is 1.35 bits per heavy atom. The number of aryl methyl sites for hydroxylation is 2. The Morgan fingerprint density at radius 3 is 1.91 bits per heavy atom. The fraction of sp³-hybridized carbons (Fsp3) is 0.125. The Kier molecular flexibility index (Phi) is 6.32. The minimum atomic E-state index is -4.35. The molecule has 4 rings (SSSR count). The second-order valence-corrected chi connectivity index (χ2v) is 11.9. The van der Waals surface area contributed by atoms with Crippen LogP contribution in [-0.4, -0.2) is 33.3 Å². The molecule has 0 spiro atoms. The first kappa shape index (κ1) is 24.1. The number of sulfonamides is 1. The van der Waals surface area contributed by atoms with E-state index >= 15 is 0 Å². The maximum atomic E-state index is 13.5. The lowest BCUT2D eigenvalue weighted by Gasteiger charge is -2.18. The number of rotatable bonds is 6. The average molecular weight is 516 g/mol. The van der Waals surface area contributed by atoms with Crippen molar-refractivity contribution in [2.75, 3.05) is 6.26 Å². The van der Waals surface area contributed by atoms with E-state index in [1.165, 1.54) is 42.1 Å². The molecule has 1 aliphatic rings. The maximum absolute atomic E-state index is 13.5. The first-order valence-corrected chi connectivity index (χ1v) is 14.2. The average Bonchev–Trinajstić information content (AvgIpc) is 3.10. The first-order chi connectivity index (χ1) is 16.0. The molecule has 0 saturated heterocycles. The van der Waals surface area contributed by atoms with Crippen molar-refractivity contribution in [3.63, 3.8) is 0 Å². The SMILES string of the molecule is CSc1ccc2c(c1)/C(=C\OS(=O)(=O)c1ccc(C)cc1)N(S(=O)(=O)c1ccc(C)cc1)C2=O. The zero-order valence-corrected chi connectivity index (χ0v) is 21.0. The highest BCUT2D eigenvalue weighted by Crippen LogP contribution is 2.39. The molecular weight excluding hydrogens is 494 g/mol. The third-order valence-corrected chi connectivity index (χ3v) is 8.93. The fourth-order valence-corrected chi connectivity index (χ4v) is 6.06. The summed E-state index contributed by atoms with van der Waals surface area (Å²) in [5.74, 6) is -0.786. The minimum absolute atomic E-state index is 0.0923. The highest BCUT2D eigenvalue weighted by atomic mass is 32.2. The monoisotopic (exact) mass is 515 g/mol. The third-order valence-electron chi connectivity index (χ3n) is 5.29. The number of nitrogens with zero attached hydrogens (tertiary/aromatic N) is 1. The molecule has 7 nitrogen and oxygen atoms in total. The molecule has 1 aliphatic heterocycles. The van der Waals surface area contributed by atoms with Crippen molar-refractivity contribution in [2.24, 2.45) is 0 Å². The lowest BCUT2D eigenvalue weighted by atomic mass is 10.1. The van der Waals surface area contributed by atoms with Crippen LogP contribution < -0.4 is 0 Å². The molecular formula is C24H21NO6S3. The molecule has 1 amide bonds. The van der Waals surface area contributed by atoms with E-state index in [2.05, 4.69) is 0 Å². The molecule has 3 aromatic rings. The molecule has 0 aromatic heterocycles. The molecule has 0 saturated carbocycles. The number of carbonyl (C=O) groups is 1. The second-order valence-electron chi connectivity index (χ2n) is 7.67. The van der Waals surface area contributed by atoms with Crippen LogP contribution in [-0.2, 0) is 24.3 Å². The van der Waals surface area contributed by atoms with Crippen molar-refractivity contribution in [3.8, 4) is 0 Å². The molecule has 0 fully saturated rings. The second kappa shape index (κ2) is 8.94. The van der Waals surface area contributed by atoms with Gasteiger partial charge in [0.2, 0.25) is 0 Å². The maximum Gasteiger partial charge on any atom is 0.338 e. The van der Waals surface area contributed by atoms with E-state index in [0.717, 1.165) is 22.3 Å². The summed E-state index contributed by atoms with van der Waals surface area (Å²) >= 11 is 1.40. The van der Waals surface area contributed by atoms with Gasteiger partial charge in [0.25, 0.3) is 15.9 Å². The van der Waals surface area contributed by atoms with E-state index in [1.807, 2.05) is 20.1 Å². The van der Waals surface area contributed by atoms with Crippen LogP contribution in [0.5, 0.6) is 0 Å². The van der Waals surface area contributed by atoms with Gasteiger partial charge in [-0.3, -0.25) is 4.79 Å². The summed E-state index contributed by atoms with van der Waals surface area (Å²) in [5, 5.41) is 0. The van der Waals surface area contributed by atoms with Gasteiger partial charge in [0.15, 0.2) is 0 Å². The quantitative estimate of drug-likeness (QED) is 0.269. The Morgan fingerprint density at radius 1 is 0.794 bits per heavy atom. The zero-order valence-electron chi connectivity index (χ0n) is 18.5. The van der Waals surface area contributed by atoms with Crippen LogP contribution in [0.15, 0.2) is 87.7 Å². The number of carbonyl (C=O) groups excluding carboxylic acids is 1. The van der Waals surface area contributed by atoms with Crippen LogP contribution in [0.1, 0.15) is 27.0 Å². The lowest BCUT2D eigenvalue weighted by Crippen LogP contribution is -2.31. The number of thioether (sulfide) groups is 1. The van der Waals surface area contributed by atoms with Gasteiger partial charge >= 0.3 is 10.1 Å². The molecule has 34 heavy (non-hydrogen) atoms. The smallest absolute Gasteiger partial charge is 0.338 e. The van der Waals surface area contributed by atoms with Crippen LogP contribution in [0.25, 0.3) is 5.70 Å². The van der Waals surface area contributed by atoms with E-state index in [0.29, 0.717) is 4.31 Å². The molecule has 0 atom stereocenters. The normalized spacial score (nSPS) is 15.0. The van der Waals surface area contributed by atoms with E-state index in [1.54, 1.807) is 36.4 Å². The number of hydrogen-bond donors (Lipinski definition) is 0. The molecule has 0 unspecified atom stereocenters. The summed E-state index contributed by atoms with van der Waals surface area (Å²) in [7, 11) is -8.60. The van der Waals surface area contributed by atoms with Gasteiger partial charge in [-0.05, 0) is 62.6 Å². The van der Waals surface area contributed by atoms with Gasteiger partial charge in [0, 0.05) is 10.5 Å². The van der Waals surface area contributed by atoms with Crippen LogP contribution >= 0.6 is 11.8 Å². The van der Waals surface area contributed by atoms with Gasteiger partial charge in [0.05, 0.1) is 10.5 Å². The van der Waals surface area contributed by atoms with Gasteiger partial charge < -0.3 is 4.18 Å². The van der Waals surface area contributed by atoms with Crippen molar-refractivity contribution in [1.82, 2.24) is 4.31 Å². The molecule has 176 valence electrons. The Hall–Kier alpha value is -3.08. The highest BCUT2D eigenvalue weighted by Gasteiger charge is 2.42. The zero-order chi connectivity index (χ0) is 24.7. The van der Waals surface area contributed by atoms with Crippen molar-refractivity contribution >= 4 is 43.5 Å². The van der Waals surface area contributed by atoms with E-state index in [4.69, 9.17) is 4.18 Å². The van der Waals surface area contributed by atoms with E-state index < -0.39 is 26.0 Å². The lowest BCUT2D eigenvalue weighted by molar-refractivity contribution is 0.0916. The largest absolute Gasteiger partial charge is 0.385 e. The van der Waals surface area contributed by atoms with Crippen molar-refractivity contribution in [3.05, 3.63) is 95.2 Å². The molecule has 3 aromatic carbocycles. The van der Waals surface area contributed by atoms with Gasteiger partial charge in [-0.25, -0.2) is 8.42 Å². The summed E-state index contributed by atoms with van der Waals surface area (Å²) in [4.78, 5) is 13.8.